The molecule has 0 radical (unpaired) electrons. The van der Waals surface area contributed by atoms with Crippen LogP contribution < -0.4 is 4.74 Å². The molecule has 0 aliphatic carbocycles. The van der Waals surface area contributed by atoms with Gasteiger partial charge in [0.05, 0.1) is 16.0 Å². The van der Waals surface area contributed by atoms with Gasteiger partial charge in [-0.3, -0.25) is 10.1 Å². The van der Waals surface area contributed by atoms with Gasteiger partial charge in [-0.2, -0.15) is 0 Å². The van der Waals surface area contributed by atoms with E-state index in [1.54, 1.807) is 6.07 Å². The molecule has 4 nitrogen and oxygen atoms in total. The van der Waals surface area contributed by atoms with Gasteiger partial charge in [0.25, 0.3) is 5.69 Å². The largest absolute Gasteiger partial charge is 0.492 e. The minimum atomic E-state index is -2.16. The highest BCUT2D eigenvalue weighted by molar-refractivity contribution is 9.10. The van der Waals surface area contributed by atoms with Crippen LogP contribution >= 0.6 is 15.9 Å². The number of non-ortho nitro benzene ring substituents is 1. The number of rotatable bonds is 14. The molecule has 0 aliphatic heterocycles. The van der Waals surface area contributed by atoms with E-state index >= 15 is 0 Å². The number of hydrogen-bond acceptors (Lipinski definition) is 3. The minimum absolute atomic E-state index is 0.0326. The zero-order valence-electron chi connectivity index (χ0n) is 14.4. The Labute approximate surface area is 156 Å². The summed E-state index contributed by atoms with van der Waals surface area (Å²) in [6, 6.07) is 4.48. The van der Waals surface area contributed by atoms with Gasteiger partial charge >= 0.3 is 0 Å². The highest BCUT2D eigenvalue weighted by Gasteiger charge is 2.09. The second-order valence-corrected chi connectivity index (χ2v) is 6.94. The molecule has 0 aliphatic rings. The first kappa shape index (κ1) is 21.8. The van der Waals surface area contributed by atoms with E-state index in [2.05, 4.69) is 15.9 Å². The monoisotopic (exact) mass is 421 g/mol. The highest BCUT2D eigenvalue weighted by Crippen LogP contribution is 2.29. The molecule has 0 bridgehead atoms. The number of unbranched alkanes of at least 4 members (excludes halogenated alkanes) is 8. The SMILES string of the molecule is O=[N+]([O-])c1ccc(OCCCCCCCCCCCC(F)F)c(Br)c1. The van der Waals surface area contributed by atoms with Crippen LogP contribution in [0, 0.1) is 10.1 Å². The number of nitrogens with zero attached hydrogens (tertiary/aromatic N) is 1. The van der Waals surface area contributed by atoms with E-state index in [1.165, 1.54) is 12.1 Å². The lowest BCUT2D eigenvalue weighted by Crippen LogP contribution is -1.98. The zero-order valence-corrected chi connectivity index (χ0v) is 16.0. The summed E-state index contributed by atoms with van der Waals surface area (Å²) < 4.78 is 30.1. The molecule has 0 amide bonds. The van der Waals surface area contributed by atoms with Gasteiger partial charge in [-0.1, -0.05) is 44.9 Å². The van der Waals surface area contributed by atoms with Crippen molar-refractivity contribution in [3.63, 3.8) is 0 Å². The molecule has 0 N–H and O–H groups in total. The molecule has 0 fully saturated rings. The van der Waals surface area contributed by atoms with Gasteiger partial charge in [0.15, 0.2) is 0 Å². The van der Waals surface area contributed by atoms with E-state index in [9.17, 15) is 18.9 Å². The lowest BCUT2D eigenvalue weighted by molar-refractivity contribution is -0.385. The topological polar surface area (TPSA) is 52.4 Å². The maximum absolute atomic E-state index is 12.0. The quantitative estimate of drug-likeness (QED) is 0.186. The van der Waals surface area contributed by atoms with E-state index in [-0.39, 0.29) is 12.1 Å². The Morgan fingerprint density at radius 2 is 1.56 bits per heavy atom. The van der Waals surface area contributed by atoms with Crippen LogP contribution in [0.4, 0.5) is 14.5 Å². The van der Waals surface area contributed by atoms with Gasteiger partial charge in [-0.05, 0) is 34.8 Å². The Kier molecular flexibility index (Phi) is 11.4. The highest BCUT2D eigenvalue weighted by atomic mass is 79.9. The van der Waals surface area contributed by atoms with E-state index in [1.807, 2.05) is 0 Å². The van der Waals surface area contributed by atoms with Crippen LogP contribution in [-0.2, 0) is 0 Å². The Bertz CT molecular complexity index is 515. The molecule has 0 unspecified atom stereocenters. The van der Waals surface area contributed by atoms with E-state index in [4.69, 9.17) is 4.74 Å². The van der Waals surface area contributed by atoms with Gasteiger partial charge in [-0.25, -0.2) is 8.78 Å². The van der Waals surface area contributed by atoms with Crippen molar-refractivity contribution >= 4 is 21.6 Å². The second-order valence-electron chi connectivity index (χ2n) is 6.08. The average Bonchev–Trinajstić information content (AvgIpc) is 2.56. The fourth-order valence-electron chi connectivity index (χ4n) is 2.54. The van der Waals surface area contributed by atoms with Gasteiger partial charge in [0, 0.05) is 18.6 Å². The third-order valence-corrected chi connectivity index (χ3v) is 4.57. The Morgan fingerprint density at radius 1 is 1.00 bits per heavy atom. The molecule has 0 saturated carbocycles. The van der Waals surface area contributed by atoms with Crippen molar-refractivity contribution in [1.82, 2.24) is 0 Å². The molecule has 1 rings (SSSR count). The average molecular weight is 422 g/mol. The molecule has 0 atom stereocenters. The van der Waals surface area contributed by atoms with Crippen LogP contribution in [0.3, 0.4) is 0 Å². The van der Waals surface area contributed by atoms with Crippen molar-refractivity contribution in [1.29, 1.82) is 0 Å². The number of benzene rings is 1. The zero-order chi connectivity index (χ0) is 18.5. The van der Waals surface area contributed by atoms with Crippen molar-refractivity contribution < 1.29 is 18.4 Å². The molecule has 0 spiro atoms. The molecule has 0 saturated heterocycles. The summed E-state index contributed by atoms with van der Waals surface area (Å²) in [4.78, 5) is 10.2. The van der Waals surface area contributed by atoms with Crippen LogP contribution in [0.5, 0.6) is 5.75 Å². The van der Waals surface area contributed by atoms with Crippen molar-refractivity contribution in [2.45, 2.75) is 70.6 Å². The number of nitro groups is 1. The number of ether oxygens (including phenoxy) is 1. The Hall–Kier alpha value is -1.24. The summed E-state index contributed by atoms with van der Waals surface area (Å²) in [5.41, 5.74) is 0.0356. The summed E-state index contributed by atoms with van der Waals surface area (Å²) in [6.45, 7) is 0.587. The number of alkyl halides is 2. The molecule has 25 heavy (non-hydrogen) atoms. The summed E-state index contributed by atoms with van der Waals surface area (Å²) in [5.74, 6) is 0.620. The van der Waals surface area contributed by atoms with E-state index < -0.39 is 11.3 Å². The predicted molar refractivity (Wildman–Crippen MR) is 98.5 cm³/mol. The van der Waals surface area contributed by atoms with Crippen LogP contribution in [0.25, 0.3) is 0 Å². The van der Waals surface area contributed by atoms with E-state index in [0.717, 1.165) is 51.4 Å². The van der Waals surface area contributed by atoms with Crippen molar-refractivity contribution in [2.75, 3.05) is 6.61 Å². The minimum Gasteiger partial charge on any atom is -0.492 e. The summed E-state index contributed by atoms with van der Waals surface area (Å²) in [7, 11) is 0. The lowest BCUT2D eigenvalue weighted by atomic mass is 10.1. The third kappa shape index (κ3) is 10.4. The summed E-state index contributed by atoms with van der Waals surface area (Å²) in [5, 5.41) is 10.7. The molecular formula is C18H26BrF2NO3. The van der Waals surface area contributed by atoms with E-state index in [0.29, 0.717) is 23.2 Å². The first-order valence-corrected chi connectivity index (χ1v) is 9.65. The first-order chi connectivity index (χ1) is 12.0. The fraction of sp³-hybridized carbons (Fsp3) is 0.667. The van der Waals surface area contributed by atoms with Crippen LogP contribution in [-0.4, -0.2) is 18.0 Å². The lowest BCUT2D eigenvalue weighted by Gasteiger charge is -2.08. The number of nitro benzene ring substituents is 1. The maximum Gasteiger partial charge on any atom is 0.270 e. The first-order valence-electron chi connectivity index (χ1n) is 8.85. The second kappa shape index (κ2) is 13.0. The van der Waals surface area contributed by atoms with Crippen molar-refractivity contribution in [3.8, 4) is 5.75 Å². The normalized spacial score (nSPS) is 11.0. The van der Waals surface area contributed by atoms with Gasteiger partial charge < -0.3 is 4.74 Å². The fourth-order valence-corrected chi connectivity index (χ4v) is 3.02. The molecule has 0 aromatic heterocycles. The van der Waals surface area contributed by atoms with Crippen LogP contribution in [0.1, 0.15) is 64.2 Å². The summed E-state index contributed by atoms with van der Waals surface area (Å²) in [6.07, 6.45) is 7.06. The van der Waals surface area contributed by atoms with Gasteiger partial charge in [0.1, 0.15) is 5.75 Å². The van der Waals surface area contributed by atoms with Crippen molar-refractivity contribution in [2.24, 2.45) is 0 Å². The van der Waals surface area contributed by atoms with Gasteiger partial charge in [0.2, 0.25) is 6.43 Å². The summed E-state index contributed by atoms with van der Waals surface area (Å²) >= 11 is 3.28. The molecule has 142 valence electrons. The molecule has 7 heteroatoms. The van der Waals surface area contributed by atoms with Crippen molar-refractivity contribution in [3.05, 3.63) is 32.8 Å². The number of halogens is 3. The molecular weight excluding hydrogens is 396 g/mol. The van der Waals surface area contributed by atoms with Crippen LogP contribution in [0.15, 0.2) is 22.7 Å². The van der Waals surface area contributed by atoms with Gasteiger partial charge in [-0.15, -0.1) is 0 Å². The standard InChI is InChI=1S/C18H26BrF2NO3/c19-16-14-15(22(23)24)11-12-17(16)25-13-9-7-5-3-1-2-4-6-8-10-18(20)21/h11-12,14,18H,1-10,13H2. The van der Waals surface area contributed by atoms with Crippen LogP contribution in [0.2, 0.25) is 0 Å². The molecule has 1 aromatic rings. The Balaban J connectivity index is 1.98. The maximum atomic E-state index is 12.0. The molecule has 1 aromatic carbocycles. The Morgan fingerprint density at radius 3 is 2.08 bits per heavy atom. The third-order valence-electron chi connectivity index (χ3n) is 3.95. The smallest absolute Gasteiger partial charge is 0.270 e. The predicted octanol–water partition coefficient (Wildman–Crippen LogP) is 6.90. The number of hydrogen-bond donors (Lipinski definition) is 0. The molecule has 0 heterocycles.